The molecule has 0 atom stereocenters. The SMILES string of the molecule is COc1nc(C=O)c(Br)cc1C(F)F. The van der Waals surface area contributed by atoms with Gasteiger partial charge in [0.15, 0.2) is 6.29 Å². The molecule has 1 rings (SSSR count). The van der Waals surface area contributed by atoms with E-state index in [0.717, 1.165) is 6.07 Å². The second-order valence-electron chi connectivity index (χ2n) is 2.37. The van der Waals surface area contributed by atoms with E-state index in [1.54, 1.807) is 0 Å². The maximum atomic E-state index is 12.4. The van der Waals surface area contributed by atoms with Crippen LogP contribution in [0.2, 0.25) is 0 Å². The summed E-state index contributed by atoms with van der Waals surface area (Å²) in [5.74, 6) is -0.231. The summed E-state index contributed by atoms with van der Waals surface area (Å²) in [4.78, 5) is 14.1. The zero-order valence-corrected chi connectivity index (χ0v) is 8.72. The van der Waals surface area contributed by atoms with Crippen molar-refractivity contribution in [2.24, 2.45) is 0 Å². The highest BCUT2D eigenvalue weighted by molar-refractivity contribution is 9.10. The van der Waals surface area contributed by atoms with Gasteiger partial charge in [0.2, 0.25) is 5.88 Å². The maximum absolute atomic E-state index is 12.4. The van der Waals surface area contributed by atoms with Crippen molar-refractivity contribution in [1.29, 1.82) is 0 Å². The van der Waals surface area contributed by atoms with Gasteiger partial charge >= 0.3 is 0 Å². The molecule has 0 saturated carbocycles. The topological polar surface area (TPSA) is 39.2 Å². The largest absolute Gasteiger partial charge is 0.481 e. The fraction of sp³-hybridized carbons (Fsp3) is 0.250. The monoisotopic (exact) mass is 265 g/mol. The summed E-state index contributed by atoms with van der Waals surface area (Å²) in [5.41, 5.74) is -0.309. The van der Waals surface area contributed by atoms with Gasteiger partial charge in [0, 0.05) is 4.47 Å². The molecule has 0 N–H and O–H groups in total. The number of pyridine rings is 1. The molecule has 0 saturated heterocycles. The Morgan fingerprint density at radius 3 is 2.71 bits per heavy atom. The molecule has 6 heteroatoms. The molecule has 0 aliphatic heterocycles. The van der Waals surface area contributed by atoms with Crippen LogP contribution >= 0.6 is 15.9 Å². The Balaban J connectivity index is 3.31. The summed E-state index contributed by atoms with van der Waals surface area (Å²) in [6, 6.07) is 1.13. The number of ether oxygens (including phenoxy) is 1. The van der Waals surface area contributed by atoms with Crippen molar-refractivity contribution in [2.75, 3.05) is 7.11 Å². The first kappa shape index (κ1) is 11.0. The van der Waals surface area contributed by atoms with E-state index in [1.807, 2.05) is 0 Å². The molecule has 1 aromatic rings. The zero-order chi connectivity index (χ0) is 10.7. The van der Waals surface area contributed by atoms with E-state index in [4.69, 9.17) is 0 Å². The number of alkyl halides is 2. The van der Waals surface area contributed by atoms with E-state index in [2.05, 4.69) is 25.7 Å². The average Bonchev–Trinajstić information content (AvgIpc) is 2.17. The Morgan fingerprint density at radius 2 is 2.29 bits per heavy atom. The van der Waals surface area contributed by atoms with Crippen LogP contribution in [0.5, 0.6) is 5.88 Å². The number of rotatable bonds is 3. The summed E-state index contributed by atoms with van der Waals surface area (Å²) >= 11 is 2.96. The number of carbonyl (C=O) groups is 1. The van der Waals surface area contributed by atoms with Crippen molar-refractivity contribution >= 4 is 22.2 Å². The van der Waals surface area contributed by atoms with Crippen molar-refractivity contribution in [2.45, 2.75) is 6.43 Å². The number of aromatic nitrogens is 1. The van der Waals surface area contributed by atoms with Gasteiger partial charge in [-0.3, -0.25) is 4.79 Å². The molecule has 0 unspecified atom stereocenters. The molecule has 3 nitrogen and oxygen atoms in total. The first-order valence-electron chi connectivity index (χ1n) is 3.58. The van der Waals surface area contributed by atoms with E-state index in [1.165, 1.54) is 7.11 Å². The predicted molar refractivity (Wildman–Crippen MR) is 48.8 cm³/mol. The highest BCUT2D eigenvalue weighted by Gasteiger charge is 2.17. The minimum Gasteiger partial charge on any atom is -0.481 e. The predicted octanol–water partition coefficient (Wildman–Crippen LogP) is 2.60. The van der Waals surface area contributed by atoms with E-state index < -0.39 is 6.43 Å². The molecule has 0 aliphatic carbocycles. The fourth-order valence-corrected chi connectivity index (χ4v) is 1.33. The number of aldehydes is 1. The van der Waals surface area contributed by atoms with Gasteiger partial charge in [0.1, 0.15) is 5.69 Å². The molecular formula is C8H6BrF2NO2. The molecule has 0 amide bonds. The van der Waals surface area contributed by atoms with Crippen LogP contribution in [0.3, 0.4) is 0 Å². The minimum atomic E-state index is -2.69. The minimum absolute atomic E-state index is 0.0336. The first-order chi connectivity index (χ1) is 6.60. The van der Waals surface area contributed by atoms with Gasteiger partial charge in [-0.25, -0.2) is 13.8 Å². The fourth-order valence-electron chi connectivity index (χ4n) is 0.902. The Kier molecular flexibility index (Phi) is 3.51. The van der Waals surface area contributed by atoms with Crippen molar-refractivity contribution in [3.63, 3.8) is 0 Å². The third-order valence-corrected chi connectivity index (χ3v) is 2.17. The van der Waals surface area contributed by atoms with Crippen molar-refractivity contribution < 1.29 is 18.3 Å². The lowest BCUT2D eigenvalue weighted by atomic mass is 10.2. The summed E-state index contributed by atoms with van der Waals surface area (Å²) < 4.78 is 29.7. The van der Waals surface area contributed by atoms with Crippen LogP contribution in [0.1, 0.15) is 22.5 Å². The summed E-state index contributed by atoms with van der Waals surface area (Å²) in [6.07, 6.45) is -2.23. The maximum Gasteiger partial charge on any atom is 0.269 e. The molecule has 0 aromatic carbocycles. The smallest absolute Gasteiger partial charge is 0.269 e. The first-order valence-corrected chi connectivity index (χ1v) is 4.37. The van der Waals surface area contributed by atoms with E-state index in [9.17, 15) is 13.6 Å². The molecule has 0 aliphatic rings. The normalized spacial score (nSPS) is 10.4. The van der Waals surface area contributed by atoms with E-state index in [-0.39, 0.29) is 21.6 Å². The number of hydrogen-bond donors (Lipinski definition) is 0. The van der Waals surface area contributed by atoms with Crippen LogP contribution in [-0.2, 0) is 0 Å². The Bertz CT molecular complexity index is 357. The summed E-state index contributed by atoms with van der Waals surface area (Å²) in [6.45, 7) is 0. The average molecular weight is 266 g/mol. The van der Waals surface area contributed by atoms with Crippen LogP contribution in [0.15, 0.2) is 10.5 Å². The zero-order valence-electron chi connectivity index (χ0n) is 7.13. The van der Waals surface area contributed by atoms with Crippen molar-refractivity contribution in [1.82, 2.24) is 4.98 Å². The lowest BCUT2D eigenvalue weighted by Crippen LogP contribution is -1.99. The highest BCUT2D eigenvalue weighted by Crippen LogP contribution is 2.30. The van der Waals surface area contributed by atoms with Gasteiger partial charge in [-0.05, 0) is 22.0 Å². The molecule has 0 bridgehead atoms. The van der Waals surface area contributed by atoms with Gasteiger partial charge in [-0.1, -0.05) is 0 Å². The van der Waals surface area contributed by atoms with Crippen molar-refractivity contribution in [3.05, 3.63) is 21.8 Å². The second kappa shape index (κ2) is 4.45. The molecule has 0 fully saturated rings. The number of methoxy groups -OCH3 is 1. The number of halogens is 3. The van der Waals surface area contributed by atoms with Crippen LogP contribution in [0.4, 0.5) is 8.78 Å². The molecule has 76 valence electrons. The molecule has 0 radical (unpaired) electrons. The second-order valence-corrected chi connectivity index (χ2v) is 3.23. The van der Waals surface area contributed by atoms with Crippen LogP contribution in [-0.4, -0.2) is 18.4 Å². The van der Waals surface area contributed by atoms with Gasteiger partial charge in [0.05, 0.1) is 12.7 Å². The van der Waals surface area contributed by atoms with Crippen LogP contribution in [0, 0.1) is 0 Å². The van der Waals surface area contributed by atoms with Crippen LogP contribution in [0.25, 0.3) is 0 Å². The highest BCUT2D eigenvalue weighted by atomic mass is 79.9. The quantitative estimate of drug-likeness (QED) is 0.789. The van der Waals surface area contributed by atoms with Crippen molar-refractivity contribution in [3.8, 4) is 5.88 Å². The van der Waals surface area contributed by atoms with Gasteiger partial charge in [0.25, 0.3) is 6.43 Å². The Morgan fingerprint density at radius 1 is 1.64 bits per heavy atom. The number of carbonyl (C=O) groups excluding carboxylic acids is 1. The number of nitrogens with zero attached hydrogens (tertiary/aromatic N) is 1. The third-order valence-electron chi connectivity index (χ3n) is 1.54. The van der Waals surface area contributed by atoms with Gasteiger partial charge in [-0.2, -0.15) is 0 Å². The van der Waals surface area contributed by atoms with Gasteiger partial charge < -0.3 is 4.74 Å². The lowest BCUT2D eigenvalue weighted by Gasteiger charge is -2.07. The Labute approximate surface area is 87.2 Å². The summed E-state index contributed by atoms with van der Waals surface area (Å²) in [7, 11) is 1.22. The summed E-state index contributed by atoms with van der Waals surface area (Å²) in [5, 5.41) is 0. The standard InChI is InChI=1S/C8H6BrF2NO2/c1-14-8-4(7(10)11)2-5(9)6(3-13)12-8/h2-3,7H,1H3. The molecule has 0 spiro atoms. The Hall–Kier alpha value is -1.04. The van der Waals surface area contributed by atoms with Crippen LogP contribution < -0.4 is 4.74 Å². The number of hydrogen-bond acceptors (Lipinski definition) is 3. The lowest BCUT2D eigenvalue weighted by molar-refractivity contribution is 0.111. The third kappa shape index (κ3) is 2.06. The molecule has 1 heterocycles. The van der Waals surface area contributed by atoms with E-state index >= 15 is 0 Å². The molecule has 14 heavy (non-hydrogen) atoms. The molecular weight excluding hydrogens is 260 g/mol. The van der Waals surface area contributed by atoms with Gasteiger partial charge in [-0.15, -0.1) is 0 Å². The molecule has 1 aromatic heterocycles. The van der Waals surface area contributed by atoms with E-state index in [0.29, 0.717) is 6.29 Å².